The van der Waals surface area contributed by atoms with E-state index in [4.69, 9.17) is 23.9 Å². The Morgan fingerprint density at radius 2 is 1.12 bits per heavy atom. The van der Waals surface area contributed by atoms with Crippen LogP contribution < -0.4 is 5.46 Å². The van der Waals surface area contributed by atoms with Gasteiger partial charge in [-0.3, -0.25) is 9.98 Å². The number of hydrogen-bond donors (Lipinski definition) is 1. The molecule has 0 amide bonds. The van der Waals surface area contributed by atoms with Crippen LogP contribution in [0.4, 0.5) is 0 Å². The molecule has 2 unspecified atom stereocenters. The first-order chi connectivity index (χ1) is 32.5. The van der Waals surface area contributed by atoms with Gasteiger partial charge in [0.15, 0.2) is 17.8 Å². The molecule has 0 bridgehead atoms. The Kier molecular flexibility index (Phi) is 24.0. The van der Waals surface area contributed by atoms with Gasteiger partial charge < -0.3 is 23.9 Å². The van der Waals surface area contributed by atoms with Gasteiger partial charge in [0.05, 0.1) is 29.5 Å². The molecule has 4 heterocycles. The number of carbonyl (C=O) groups is 3. The molecule has 368 valence electrons. The Morgan fingerprint density at radius 3 is 1.53 bits per heavy atom. The van der Waals surface area contributed by atoms with E-state index in [-0.39, 0.29) is 48.0 Å². The van der Waals surface area contributed by atoms with Crippen molar-refractivity contribution in [1.82, 2.24) is 4.98 Å². The molecule has 0 aliphatic carbocycles. The summed E-state index contributed by atoms with van der Waals surface area (Å²) in [7, 11) is -0.245. The third-order valence-corrected chi connectivity index (χ3v) is 15.2. The predicted molar refractivity (Wildman–Crippen MR) is 288 cm³/mol. The van der Waals surface area contributed by atoms with Gasteiger partial charge >= 0.3 is 25.0 Å². The van der Waals surface area contributed by atoms with Crippen molar-refractivity contribution in [2.45, 2.75) is 143 Å². The quantitative estimate of drug-likeness (QED) is 0.0796. The van der Waals surface area contributed by atoms with Gasteiger partial charge in [-0.2, -0.15) is 0 Å². The van der Waals surface area contributed by atoms with Crippen LogP contribution in [0.25, 0.3) is 10.6 Å². The smallest absolute Gasteiger partial charge is 0.476 e. The van der Waals surface area contributed by atoms with Gasteiger partial charge in [-0.25, -0.2) is 19.4 Å². The number of aryl methyl sites for hydroxylation is 3. The Labute approximate surface area is 425 Å². The van der Waals surface area contributed by atoms with Crippen molar-refractivity contribution in [3.8, 4) is 10.6 Å². The summed E-state index contributed by atoms with van der Waals surface area (Å²) in [6.45, 7) is 19.4. The van der Waals surface area contributed by atoms with E-state index in [0.29, 0.717) is 24.7 Å². The summed E-state index contributed by atoms with van der Waals surface area (Å²) in [6, 6.07) is 24.7. The monoisotopic (exact) mass is 1050 g/mol. The SMILES string of the molecule is CCCCc1ccc(-c2nc(C(=O)O)cs2)cc1.CCCCc1ccc(B2OC(C)(C)C(C)(C)O2)cc1.CCCCc1ccc(C2=NC(C(=O)OCC)CS2)cc1.CCOC(=O)C1CSC(Br)=N1. The number of carbonyl (C=O) groups excluding carboxylic acids is 2. The third kappa shape index (κ3) is 17.9. The highest BCUT2D eigenvalue weighted by atomic mass is 79.9. The molecule has 11 nitrogen and oxygen atoms in total. The van der Waals surface area contributed by atoms with E-state index in [0.717, 1.165) is 49.9 Å². The average Bonchev–Trinajstić information content (AvgIpc) is 4.16. The molecule has 3 aliphatic heterocycles. The van der Waals surface area contributed by atoms with Crippen molar-refractivity contribution in [2.75, 3.05) is 24.7 Å². The number of aromatic carboxylic acids is 1. The summed E-state index contributed by atoms with van der Waals surface area (Å²) < 4.78 is 22.7. The van der Waals surface area contributed by atoms with E-state index in [2.05, 4.69) is 140 Å². The zero-order valence-electron chi connectivity index (χ0n) is 41.2. The van der Waals surface area contributed by atoms with E-state index < -0.39 is 5.97 Å². The molecule has 1 saturated heterocycles. The maximum absolute atomic E-state index is 11.7. The molecule has 1 N–H and O–H groups in total. The highest BCUT2D eigenvalue weighted by Gasteiger charge is 2.51. The van der Waals surface area contributed by atoms with Crippen molar-refractivity contribution in [3.63, 3.8) is 0 Å². The number of rotatable bonds is 17. The Balaban J connectivity index is 0.000000201. The van der Waals surface area contributed by atoms with Crippen LogP contribution in [0, 0.1) is 0 Å². The van der Waals surface area contributed by atoms with Crippen LogP contribution in [-0.2, 0) is 47.6 Å². The number of hydrogen-bond acceptors (Lipinski definition) is 13. The number of thioether (sulfide) groups is 2. The third-order valence-electron chi connectivity index (χ3n) is 11.5. The molecule has 4 aromatic rings. The summed E-state index contributed by atoms with van der Waals surface area (Å²) >= 11 is 7.72. The molecule has 0 saturated carbocycles. The van der Waals surface area contributed by atoms with Crippen molar-refractivity contribution in [2.24, 2.45) is 9.98 Å². The van der Waals surface area contributed by atoms with Gasteiger partial charge in [-0.15, -0.1) is 23.1 Å². The van der Waals surface area contributed by atoms with Crippen molar-refractivity contribution >= 4 is 90.3 Å². The van der Waals surface area contributed by atoms with Crippen molar-refractivity contribution in [3.05, 3.63) is 106 Å². The van der Waals surface area contributed by atoms with Crippen LogP contribution in [-0.4, -0.2) is 92.1 Å². The first-order valence-electron chi connectivity index (χ1n) is 23.8. The first-order valence-corrected chi connectivity index (χ1v) is 27.4. The number of carboxylic acid groups (broad SMARTS) is 1. The minimum atomic E-state index is -0.975. The number of halogens is 1. The lowest BCUT2D eigenvalue weighted by Gasteiger charge is -2.32. The van der Waals surface area contributed by atoms with Gasteiger partial charge in [-0.05, 0) is 118 Å². The fraction of sp³-hybridized carbons (Fsp3) is 0.500. The van der Waals surface area contributed by atoms with E-state index in [1.807, 2.05) is 19.1 Å². The lowest BCUT2D eigenvalue weighted by Crippen LogP contribution is -2.41. The van der Waals surface area contributed by atoms with Crippen LogP contribution in [0.5, 0.6) is 0 Å². The molecule has 2 atom stereocenters. The molecule has 68 heavy (non-hydrogen) atoms. The molecule has 0 radical (unpaired) electrons. The second-order valence-electron chi connectivity index (χ2n) is 17.4. The standard InChI is InChI=1S/C16H25BO2.C16H21NO2S.C14H15NO2S.C6H8BrNO2S/c1-6-7-8-13-9-11-14(12-10-13)17-18-15(2,3)16(4,5)19-17;1-3-5-6-12-7-9-13(10-8-12)15-17-14(11-20-15)16(18)19-4-2;1-2-3-4-10-5-7-11(8-6-10)13-15-12(9-18-13)14(16)17;1-2-10-5(9)4-3-11-6(7)8-4/h9-12H,6-8H2,1-5H3;7-10,14H,3-6,11H2,1-2H3;5-9H,2-4H2,1H3,(H,16,17);4H,2-3H2,1H3. The van der Waals surface area contributed by atoms with Crippen LogP contribution in [0.3, 0.4) is 0 Å². The molecule has 1 fully saturated rings. The fourth-order valence-electron chi connectivity index (χ4n) is 6.69. The Bertz CT molecular complexity index is 2240. The van der Waals surface area contributed by atoms with Gasteiger partial charge in [-0.1, -0.05) is 125 Å². The van der Waals surface area contributed by atoms with E-state index >= 15 is 0 Å². The highest BCUT2D eigenvalue weighted by Crippen LogP contribution is 2.36. The highest BCUT2D eigenvalue weighted by molar-refractivity contribution is 9.22. The van der Waals surface area contributed by atoms with Crippen LogP contribution >= 0.6 is 50.8 Å². The average molecular weight is 1050 g/mol. The lowest BCUT2D eigenvalue weighted by molar-refractivity contribution is -0.144. The molecule has 0 spiro atoms. The number of benzene rings is 3. The number of aliphatic imine (C=N–C) groups is 2. The zero-order valence-corrected chi connectivity index (χ0v) is 45.2. The lowest BCUT2D eigenvalue weighted by atomic mass is 9.78. The van der Waals surface area contributed by atoms with Gasteiger partial charge in [0.1, 0.15) is 8.96 Å². The van der Waals surface area contributed by atoms with Gasteiger partial charge in [0.2, 0.25) is 0 Å². The minimum absolute atomic E-state index is 0.116. The second kappa shape index (κ2) is 28.8. The summed E-state index contributed by atoms with van der Waals surface area (Å²) in [5.41, 5.74) is 6.84. The number of ether oxygens (including phenoxy) is 2. The number of nitrogens with zero attached hydrogens (tertiary/aromatic N) is 3. The topological polar surface area (TPSA) is 146 Å². The molecule has 1 aromatic heterocycles. The number of unbranched alkanes of at least 4 members (excludes halogenated alkanes) is 3. The number of carboxylic acids is 1. The van der Waals surface area contributed by atoms with Crippen LogP contribution in [0.15, 0.2) is 88.2 Å². The largest absolute Gasteiger partial charge is 0.494 e. The summed E-state index contributed by atoms with van der Waals surface area (Å²) in [4.78, 5) is 46.0. The predicted octanol–water partition coefficient (Wildman–Crippen LogP) is 12.0. The minimum Gasteiger partial charge on any atom is -0.476 e. The molecule has 3 aliphatic rings. The summed E-state index contributed by atoms with van der Waals surface area (Å²) in [5, 5.41) is 12.1. The number of aromatic nitrogens is 1. The second-order valence-corrected chi connectivity index (χ2v) is 21.5. The molecular weight excluding hydrogens is 982 g/mol. The zero-order chi connectivity index (χ0) is 49.7. The molecule has 3 aromatic carbocycles. The molecule has 16 heteroatoms. The Morgan fingerprint density at radius 1 is 0.676 bits per heavy atom. The fourth-order valence-corrected chi connectivity index (χ4v) is 9.87. The van der Waals surface area contributed by atoms with Crippen molar-refractivity contribution in [1.29, 1.82) is 0 Å². The summed E-state index contributed by atoms with van der Waals surface area (Å²) in [5.74, 6) is -0.0355. The first kappa shape index (κ1) is 56.8. The van der Waals surface area contributed by atoms with Gasteiger partial charge in [0.25, 0.3) is 0 Å². The number of esters is 2. The van der Waals surface area contributed by atoms with E-state index in [1.165, 1.54) is 78.3 Å². The maximum Gasteiger partial charge on any atom is 0.494 e. The van der Waals surface area contributed by atoms with Crippen molar-refractivity contribution < 1.29 is 38.3 Å². The van der Waals surface area contributed by atoms with E-state index in [9.17, 15) is 14.4 Å². The maximum atomic E-state index is 11.7. The normalized spacial score (nSPS) is 17.6. The van der Waals surface area contributed by atoms with E-state index in [1.54, 1.807) is 24.1 Å². The Hall–Kier alpha value is -3.80. The van der Waals surface area contributed by atoms with Crippen LogP contribution in [0.1, 0.15) is 134 Å². The van der Waals surface area contributed by atoms with Gasteiger partial charge in [0, 0.05) is 28.0 Å². The molecule has 7 rings (SSSR count). The number of thiazole rings is 1. The van der Waals surface area contributed by atoms with Crippen LogP contribution in [0.2, 0.25) is 0 Å². The molecular formula is C52H69BBrN3O8S3. The summed E-state index contributed by atoms with van der Waals surface area (Å²) in [6.07, 6.45) is 10.7.